The smallest absolute Gasteiger partial charge is 0.0589 e. The number of rotatable bonds is 12. The maximum atomic E-state index is 5.94. The van der Waals surface area contributed by atoms with Gasteiger partial charge >= 0.3 is 0 Å². The van der Waals surface area contributed by atoms with Gasteiger partial charge in [-0.1, -0.05) is 20.3 Å². The quantitative estimate of drug-likeness (QED) is 0.543. The largest absolute Gasteiger partial charge is 0.385 e. The number of hydrogen-bond acceptors (Lipinski definition) is 4. The average Bonchev–Trinajstić information content (AvgIpc) is 2.36. The Hall–Kier alpha value is -0.160. The Balaban J connectivity index is 4.25. The third-order valence-corrected chi connectivity index (χ3v) is 3.39. The van der Waals surface area contributed by atoms with E-state index in [-0.39, 0.29) is 5.41 Å². The molecular weight excluding hydrogens is 228 g/mol. The minimum absolute atomic E-state index is 0.218. The van der Waals surface area contributed by atoms with Crippen molar-refractivity contribution >= 4 is 0 Å². The van der Waals surface area contributed by atoms with E-state index in [4.69, 9.17) is 15.2 Å². The molecule has 0 amide bonds. The van der Waals surface area contributed by atoms with Crippen LogP contribution in [0.25, 0.3) is 0 Å². The fourth-order valence-electron chi connectivity index (χ4n) is 2.31. The van der Waals surface area contributed by atoms with E-state index in [0.29, 0.717) is 0 Å². The summed E-state index contributed by atoms with van der Waals surface area (Å²) >= 11 is 0. The van der Waals surface area contributed by atoms with E-state index in [1.165, 1.54) is 12.8 Å². The Morgan fingerprint density at radius 2 is 1.78 bits per heavy atom. The minimum Gasteiger partial charge on any atom is -0.385 e. The first-order valence-corrected chi connectivity index (χ1v) is 7.02. The molecule has 0 aromatic rings. The molecule has 0 aliphatic heterocycles. The van der Waals surface area contributed by atoms with Gasteiger partial charge in [-0.3, -0.25) is 0 Å². The van der Waals surface area contributed by atoms with E-state index in [2.05, 4.69) is 18.7 Å². The molecule has 4 nitrogen and oxygen atoms in total. The molecule has 0 fully saturated rings. The summed E-state index contributed by atoms with van der Waals surface area (Å²) in [6, 6.07) is 0. The molecule has 0 heterocycles. The van der Waals surface area contributed by atoms with Crippen LogP contribution in [0.2, 0.25) is 0 Å². The van der Waals surface area contributed by atoms with Crippen LogP contribution in [0.5, 0.6) is 0 Å². The molecule has 2 N–H and O–H groups in total. The van der Waals surface area contributed by atoms with Gasteiger partial charge in [-0.05, 0) is 24.8 Å². The lowest BCUT2D eigenvalue weighted by Gasteiger charge is -2.34. The maximum Gasteiger partial charge on any atom is 0.0589 e. The Labute approximate surface area is 113 Å². The van der Waals surface area contributed by atoms with Gasteiger partial charge in [0.1, 0.15) is 0 Å². The first kappa shape index (κ1) is 17.8. The van der Waals surface area contributed by atoms with Crippen molar-refractivity contribution in [2.75, 3.05) is 53.6 Å². The number of nitrogens with zero attached hydrogens (tertiary/aromatic N) is 1. The van der Waals surface area contributed by atoms with Crippen LogP contribution >= 0.6 is 0 Å². The number of hydrogen-bond donors (Lipinski definition) is 1. The molecule has 0 spiro atoms. The van der Waals surface area contributed by atoms with Crippen LogP contribution in [0.15, 0.2) is 0 Å². The fraction of sp³-hybridized carbons (Fsp3) is 1.00. The van der Waals surface area contributed by atoms with Crippen LogP contribution < -0.4 is 5.73 Å². The van der Waals surface area contributed by atoms with E-state index in [9.17, 15) is 0 Å². The molecule has 110 valence electrons. The summed E-state index contributed by atoms with van der Waals surface area (Å²) in [7, 11) is 3.50. The highest BCUT2D eigenvalue weighted by molar-refractivity contribution is 4.79. The molecule has 0 saturated carbocycles. The summed E-state index contributed by atoms with van der Waals surface area (Å²) in [5, 5.41) is 0. The average molecular weight is 260 g/mol. The molecule has 0 aliphatic carbocycles. The van der Waals surface area contributed by atoms with Crippen molar-refractivity contribution in [1.29, 1.82) is 0 Å². The van der Waals surface area contributed by atoms with E-state index in [1.807, 2.05) is 0 Å². The summed E-state index contributed by atoms with van der Waals surface area (Å²) in [4.78, 5) is 2.45. The van der Waals surface area contributed by atoms with Gasteiger partial charge in [-0.25, -0.2) is 0 Å². The van der Waals surface area contributed by atoms with E-state index in [0.717, 1.165) is 45.8 Å². The number of ether oxygens (including phenoxy) is 2. The van der Waals surface area contributed by atoms with Crippen molar-refractivity contribution in [3.63, 3.8) is 0 Å². The molecule has 18 heavy (non-hydrogen) atoms. The molecule has 0 aromatic carbocycles. The monoisotopic (exact) mass is 260 g/mol. The number of nitrogens with two attached hydrogens (primary N) is 1. The van der Waals surface area contributed by atoms with Crippen LogP contribution in [0.4, 0.5) is 0 Å². The van der Waals surface area contributed by atoms with Gasteiger partial charge in [-0.15, -0.1) is 0 Å². The van der Waals surface area contributed by atoms with Gasteiger partial charge in [0.15, 0.2) is 0 Å². The van der Waals surface area contributed by atoms with Gasteiger partial charge < -0.3 is 20.1 Å². The van der Waals surface area contributed by atoms with Gasteiger partial charge in [0.25, 0.3) is 0 Å². The molecule has 0 bridgehead atoms. The third-order valence-electron chi connectivity index (χ3n) is 3.39. The molecular formula is C14H32N2O2. The van der Waals surface area contributed by atoms with Crippen molar-refractivity contribution in [3.05, 3.63) is 0 Å². The standard InChI is InChI=1S/C14H32N2O2/c1-5-7-14(2,12-15)13-16(9-11-18-4)8-6-10-17-3/h5-13,15H2,1-4H3. The second kappa shape index (κ2) is 10.7. The summed E-state index contributed by atoms with van der Waals surface area (Å²) in [5.41, 5.74) is 6.16. The van der Waals surface area contributed by atoms with Gasteiger partial charge in [-0.2, -0.15) is 0 Å². The lowest BCUT2D eigenvalue weighted by Crippen LogP contribution is -2.42. The van der Waals surface area contributed by atoms with E-state index in [1.54, 1.807) is 14.2 Å². The van der Waals surface area contributed by atoms with E-state index < -0.39 is 0 Å². The highest BCUT2D eigenvalue weighted by Gasteiger charge is 2.24. The lowest BCUT2D eigenvalue weighted by atomic mass is 9.85. The fourth-order valence-corrected chi connectivity index (χ4v) is 2.31. The Morgan fingerprint density at radius 1 is 1.11 bits per heavy atom. The normalized spacial score (nSPS) is 15.0. The molecule has 0 aliphatic rings. The molecule has 4 heteroatoms. The Kier molecular flexibility index (Phi) is 10.6. The van der Waals surface area contributed by atoms with Crippen LogP contribution in [0.3, 0.4) is 0 Å². The minimum atomic E-state index is 0.218. The molecule has 1 atom stereocenters. The topological polar surface area (TPSA) is 47.7 Å². The second-order valence-electron chi connectivity index (χ2n) is 5.38. The summed E-state index contributed by atoms with van der Waals surface area (Å²) < 4.78 is 10.3. The summed E-state index contributed by atoms with van der Waals surface area (Å²) in [5.74, 6) is 0. The third kappa shape index (κ3) is 8.03. The first-order valence-electron chi connectivity index (χ1n) is 7.02. The Bertz CT molecular complexity index is 191. The van der Waals surface area contributed by atoms with Gasteiger partial charge in [0.2, 0.25) is 0 Å². The molecule has 0 radical (unpaired) electrons. The van der Waals surface area contributed by atoms with Crippen molar-refractivity contribution in [2.24, 2.45) is 11.1 Å². The van der Waals surface area contributed by atoms with Crippen molar-refractivity contribution < 1.29 is 9.47 Å². The second-order valence-corrected chi connectivity index (χ2v) is 5.38. The van der Waals surface area contributed by atoms with Crippen LogP contribution in [0.1, 0.15) is 33.1 Å². The van der Waals surface area contributed by atoms with Crippen molar-refractivity contribution in [2.45, 2.75) is 33.1 Å². The summed E-state index contributed by atoms with van der Waals surface area (Å²) in [6.07, 6.45) is 3.42. The predicted octanol–water partition coefficient (Wildman–Crippen LogP) is 1.74. The molecule has 0 saturated heterocycles. The van der Waals surface area contributed by atoms with Crippen LogP contribution in [0, 0.1) is 5.41 Å². The molecule has 1 unspecified atom stereocenters. The lowest BCUT2D eigenvalue weighted by molar-refractivity contribution is 0.0991. The van der Waals surface area contributed by atoms with Gasteiger partial charge in [0, 0.05) is 40.5 Å². The van der Waals surface area contributed by atoms with Crippen molar-refractivity contribution in [3.8, 4) is 0 Å². The first-order chi connectivity index (χ1) is 8.61. The highest BCUT2D eigenvalue weighted by Crippen LogP contribution is 2.23. The van der Waals surface area contributed by atoms with Gasteiger partial charge in [0.05, 0.1) is 6.61 Å². The molecule has 0 rings (SSSR count). The van der Waals surface area contributed by atoms with Crippen LogP contribution in [-0.4, -0.2) is 58.5 Å². The van der Waals surface area contributed by atoms with Crippen LogP contribution in [-0.2, 0) is 9.47 Å². The zero-order valence-electron chi connectivity index (χ0n) is 12.7. The predicted molar refractivity (Wildman–Crippen MR) is 76.9 cm³/mol. The maximum absolute atomic E-state index is 5.94. The SMILES string of the molecule is CCCC(C)(CN)CN(CCCOC)CCOC. The Morgan fingerprint density at radius 3 is 2.28 bits per heavy atom. The van der Waals surface area contributed by atoms with E-state index >= 15 is 0 Å². The zero-order chi connectivity index (χ0) is 13.9. The van der Waals surface area contributed by atoms with Crippen molar-refractivity contribution in [1.82, 2.24) is 4.90 Å². The zero-order valence-corrected chi connectivity index (χ0v) is 12.7. The number of methoxy groups -OCH3 is 2. The molecule has 0 aromatic heterocycles. The highest BCUT2D eigenvalue weighted by atomic mass is 16.5. The summed E-state index contributed by atoms with van der Waals surface area (Å²) in [6.45, 7) is 9.91.